The Morgan fingerprint density at radius 1 is 1.21 bits per heavy atom. The number of hydrogen-bond acceptors (Lipinski definition) is 5. The van der Waals surface area contributed by atoms with Gasteiger partial charge in [0.05, 0.1) is 5.56 Å². The standard InChI is InChI=1S/C14H13NO3S/c1-9(16)11-3-5-12(6-4-11)14(17)18-10(2)13-15-7-8-19-13/h3-8,10H,1-2H3/t10-/m0/s1. The highest BCUT2D eigenvalue weighted by Gasteiger charge is 2.15. The van der Waals surface area contributed by atoms with Gasteiger partial charge in [-0.05, 0) is 26.0 Å². The lowest BCUT2D eigenvalue weighted by atomic mass is 10.1. The van der Waals surface area contributed by atoms with E-state index >= 15 is 0 Å². The summed E-state index contributed by atoms with van der Waals surface area (Å²) in [5, 5.41) is 2.59. The Bertz CT molecular complexity index is 575. The number of aromatic nitrogens is 1. The first-order chi connectivity index (χ1) is 9.08. The molecule has 0 aliphatic heterocycles. The minimum atomic E-state index is -0.419. The summed E-state index contributed by atoms with van der Waals surface area (Å²) in [5.74, 6) is -0.450. The van der Waals surface area contributed by atoms with Gasteiger partial charge < -0.3 is 4.74 Å². The SMILES string of the molecule is CC(=O)c1ccc(C(=O)O[C@@H](C)c2nccs2)cc1. The second-order valence-electron chi connectivity index (χ2n) is 4.05. The number of rotatable bonds is 4. The molecule has 1 atom stereocenters. The molecule has 2 rings (SSSR count). The fourth-order valence-electron chi connectivity index (χ4n) is 1.56. The van der Waals surface area contributed by atoms with E-state index in [1.165, 1.54) is 18.3 Å². The second-order valence-corrected chi connectivity index (χ2v) is 4.98. The molecule has 0 bridgehead atoms. The number of carbonyl (C=O) groups is 2. The number of hydrogen-bond donors (Lipinski definition) is 0. The third-order valence-electron chi connectivity index (χ3n) is 2.61. The average molecular weight is 275 g/mol. The van der Waals surface area contributed by atoms with Crippen molar-refractivity contribution < 1.29 is 14.3 Å². The van der Waals surface area contributed by atoms with Gasteiger partial charge in [-0.1, -0.05) is 12.1 Å². The lowest BCUT2D eigenvalue weighted by molar-refractivity contribution is 0.0337. The number of Topliss-reactive ketones (excluding diaryl/α,β-unsaturated/α-hetero) is 1. The van der Waals surface area contributed by atoms with Gasteiger partial charge in [0.2, 0.25) is 0 Å². The Kier molecular flexibility index (Phi) is 4.06. The Balaban J connectivity index is 2.05. The molecule has 0 aliphatic carbocycles. The number of esters is 1. The Morgan fingerprint density at radius 2 is 1.84 bits per heavy atom. The molecule has 0 saturated heterocycles. The summed E-state index contributed by atoms with van der Waals surface area (Å²) >= 11 is 1.44. The van der Waals surface area contributed by atoms with E-state index in [9.17, 15) is 9.59 Å². The summed E-state index contributed by atoms with van der Waals surface area (Å²) in [6.45, 7) is 3.26. The maximum atomic E-state index is 11.9. The van der Waals surface area contributed by atoms with Crippen molar-refractivity contribution in [3.05, 3.63) is 52.0 Å². The quantitative estimate of drug-likeness (QED) is 0.634. The van der Waals surface area contributed by atoms with Crippen molar-refractivity contribution in [3.8, 4) is 0 Å². The van der Waals surface area contributed by atoms with E-state index in [4.69, 9.17) is 4.74 Å². The summed E-state index contributed by atoms with van der Waals surface area (Å²) in [7, 11) is 0. The number of ether oxygens (including phenoxy) is 1. The predicted molar refractivity (Wildman–Crippen MR) is 72.4 cm³/mol. The minimum Gasteiger partial charge on any atom is -0.452 e. The highest BCUT2D eigenvalue weighted by atomic mass is 32.1. The van der Waals surface area contributed by atoms with Gasteiger partial charge >= 0.3 is 5.97 Å². The number of benzene rings is 1. The van der Waals surface area contributed by atoms with Crippen LogP contribution >= 0.6 is 11.3 Å². The summed E-state index contributed by atoms with van der Waals surface area (Å²) in [6.07, 6.45) is 1.30. The third-order valence-corrected chi connectivity index (χ3v) is 3.55. The summed E-state index contributed by atoms with van der Waals surface area (Å²) in [5.41, 5.74) is 0.998. The normalized spacial score (nSPS) is 11.9. The van der Waals surface area contributed by atoms with E-state index in [0.717, 1.165) is 5.01 Å². The molecule has 5 heteroatoms. The zero-order chi connectivity index (χ0) is 13.8. The van der Waals surface area contributed by atoms with Crippen LogP contribution in [0.1, 0.15) is 45.7 Å². The summed E-state index contributed by atoms with van der Waals surface area (Å²) < 4.78 is 5.31. The molecule has 98 valence electrons. The Morgan fingerprint density at radius 3 is 2.37 bits per heavy atom. The topological polar surface area (TPSA) is 56.3 Å². The zero-order valence-electron chi connectivity index (χ0n) is 10.6. The average Bonchev–Trinajstić information content (AvgIpc) is 2.92. The van der Waals surface area contributed by atoms with Crippen molar-refractivity contribution >= 4 is 23.1 Å². The smallest absolute Gasteiger partial charge is 0.338 e. The molecule has 0 spiro atoms. The molecule has 0 aliphatic rings. The maximum absolute atomic E-state index is 11.9. The van der Waals surface area contributed by atoms with Crippen LogP contribution in [0.3, 0.4) is 0 Å². The number of thiazole rings is 1. The van der Waals surface area contributed by atoms with E-state index in [1.54, 1.807) is 37.4 Å². The minimum absolute atomic E-state index is 0.0314. The highest BCUT2D eigenvalue weighted by molar-refractivity contribution is 7.09. The predicted octanol–water partition coefficient (Wildman–Crippen LogP) is 3.26. The molecular formula is C14H13NO3S. The molecule has 0 radical (unpaired) electrons. The molecule has 0 unspecified atom stereocenters. The second kappa shape index (κ2) is 5.75. The Hall–Kier alpha value is -2.01. The van der Waals surface area contributed by atoms with Gasteiger partial charge in [0, 0.05) is 17.1 Å². The molecule has 2 aromatic rings. The van der Waals surface area contributed by atoms with E-state index in [1.807, 2.05) is 5.38 Å². The van der Waals surface area contributed by atoms with Gasteiger partial charge in [0.1, 0.15) is 5.01 Å². The molecule has 0 amide bonds. The van der Waals surface area contributed by atoms with Crippen molar-refractivity contribution in [2.24, 2.45) is 0 Å². The molecule has 0 N–H and O–H groups in total. The van der Waals surface area contributed by atoms with Crippen LogP contribution in [0.15, 0.2) is 35.8 Å². The first-order valence-electron chi connectivity index (χ1n) is 5.79. The monoisotopic (exact) mass is 275 g/mol. The van der Waals surface area contributed by atoms with Gasteiger partial charge in [-0.15, -0.1) is 11.3 Å². The zero-order valence-corrected chi connectivity index (χ0v) is 11.4. The molecule has 0 saturated carbocycles. The molecular weight excluding hydrogens is 262 g/mol. The fraction of sp³-hybridized carbons (Fsp3) is 0.214. The molecule has 1 aromatic heterocycles. The summed E-state index contributed by atoms with van der Waals surface area (Å²) in [6, 6.07) is 6.42. The number of nitrogens with zero attached hydrogens (tertiary/aromatic N) is 1. The lowest BCUT2D eigenvalue weighted by Crippen LogP contribution is -2.09. The van der Waals surface area contributed by atoms with Crippen LogP contribution in [-0.4, -0.2) is 16.7 Å². The first kappa shape index (κ1) is 13.4. The van der Waals surface area contributed by atoms with E-state index < -0.39 is 5.97 Å². The van der Waals surface area contributed by atoms with Crippen LogP contribution < -0.4 is 0 Å². The van der Waals surface area contributed by atoms with E-state index in [2.05, 4.69) is 4.98 Å². The van der Waals surface area contributed by atoms with Crippen molar-refractivity contribution in [1.82, 2.24) is 4.98 Å². The van der Waals surface area contributed by atoms with Crippen LogP contribution in [-0.2, 0) is 4.74 Å². The van der Waals surface area contributed by atoms with Crippen molar-refractivity contribution in [1.29, 1.82) is 0 Å². The highest BCUT2D eigenvalue weighted by Crippen LogP contribution is 2.20. The van der Waals surface area contributed by atoms with Crippen molar-refractivity contribution in [2.75, 3.05) is 0 Å². The van der Waals surface area contributed by atoms with E-state index in [0.29, 0.717) is 11.1 Å². The Labute approximate surface area is 115 Å². The molecule has 0 fully saturated rings. The van der Waals surface area contributed by atoms with Gasteiger partial charge in [-0.2, -0.15) is 0 Å². The van der Waals surface area contributed by atoms with Gasteiger partial charge in [0.15, 0.2) is 11.9 Å². The molecule has 19 heavy (non-hydrogen) atoms. The number of ketones is 1. The molecule has 1 heterocycles. The maximum Gasteiger partial charge on any atom is 0.338 e. The van der Waals surface area contributed by atoms with Crippen LogP contribution in [0.2, 0.25) is 0 Å². The van der Waals surface area contributed by atoms with E-state index in [-0.39, 0.29) is 11.9 Å². The van der Waals surface area contributed by atoms with Crippen LogP contribution in [0, 0.1) is 0 Å². The molecule has 1 aromatic carbocycles. The summed E-state index contributed by atoms with van der Waals surface area (Å²) in [4.78, 5) is 27.1. The van der Waals surface area contributed by atoms with Crippen molar-refractivity contribution in [3.63, 3.8) is 0 Å². The van der Waals surface area contributed by atoms with Gasteiger partial charge in [-0.3, -0.25) is 4.79 Å². The van der Waals surface area contributed by atoms with Gasteiger partial charge in [0.25, 0.3) is 0 Å². The van der Waals surface area contributed by atoms with Gasteiger partial charge in [-0.25, -0.2) is 9.78 Å². The lowest BCUT2D eigenvalue weighted by Gasteiger charge is -2.10. The number of carbonyl (C=O) groups excluding carboxylic acids is 2. The van der Waals surface area contributed by atoms with Crippen LogP contribution in [0.25, 0.3) is 0 Å². The fourth-order valence-corrected chi connectivity index (χ4v) is 2.18. The molecule has 4 nitrogen and oxygen atoms in total. The van der Waals surface area contributed by atoms with Crippen molar-refractivity contribution in [2.45, 2.75) is 20.0 Å². The van der Waals surface area contributed by atoms with Crippen LogP contribution in [0.5, 0.6) is 0 Å². The largest absolute Gasteiger partial charge is 0.452 e. The first-order valence-corrected chi connectivity index (χ1v) is 6.67. The van der Waals surface area contributed by atoms with Crippen LogP contribution in [0.4, 0.5) is 0 Å². The third kappa shape index (κ3) is 3.26.